The summed E-state index contributed by atoms with van der Waals surface area (Å²) in [5.41, 5.74) is 22.2. The second-order valence-electron chi connectivity index (χ2n) is 23.2. The van der Waals surface area contributed by atoms with E-state index in [1.54, 1.807) is 0 Å². The van der Waals surface area contributed by atoms with Crippen molar-refractivity contribution in [3.63, 3.8) is 0 Å². The lowest BCUT2D eigenvalue weighted by Crippen LogP contribution is -2.61. The molecule has 4 heteroatoms. The zero-order valence-corrected chi connectivity index (χ0v) is 42.2. The molecule has 2 nitrogen and oxygen atoms in total. The molecular formula is C64H61BN2S. The average Bonchev–Trinajstić information content (AvgIpc) is 3.71. The van der Waals surface area contributed by atoms with E-state index in [4.69, 9.17) is 0 Å². The first-order chi connectivity index (χ1) is 32.5. The minimum Gasteiger partial charge on any atom is -0.376 e. The Hall–Kier alpha value is -6.36. The van der Waals surface area contributed by atoms with Crippen molar-refractivity contribution in [2.45, 2.75) is 104 Å². The van der Waals surface area contributed by atoms with E-state index in [2.05, 4.69) is 243 Å². The fourth-order valence-electron chi connectivity index (χ4n) is 11.8. The minimum atomic E-state index is -0.118. The Labute approximate surface area is 408 Å². The number of fused-ring (bicyclic) bond motifs is 9. The molecule has 1 aliphatic carbocycles. The van der Waals surface area contributed by atoms with Crippen molar-refractivity contribution in [2.24, 2.45) is 0 Å². The van der Waals surface area contributed by atoms with Crippen LogP contribution < -0.4 is 20.6 Å². The monoisotopic (exact) mass is 900 g/mol. The summed E-state index contributed by atoms with van der Waals surface area (Å²) in [6.07, 6.45) is 2.32. The van der Waals surface area contributed by atoms with Gasteiger partial charge >= 0.3 is 6.85 Å². The van der Waals surface area contributed by atoms with Crippen LogP contribution in [0.15, 0.2) is 164 Å². The van der Waals surface area contributed by atoms with E-state index in [0.717, 1.165) is 12.8 Å². The van der Waals surface area contributed by atoms with Gasteiger partial charge in [0.05, 0.1) is 5.69 Å². The van der Waals surface area contributed by atoms with Crippen LogP contribution in [0.25, 0.3) is 53.6 Å². The highest BCUT2D eigenvalue weighted by atomic mass is 32.1. The molecule has 0 fully saturated rings. The highest BCUT2D eigenvalue weighted by Crippen LogP contribution is 2.55. The zero-order valence-electron chi connectivity index (χ0n) is 41.4. The molecule has 2 aliphatic heterocycles. The molecule has 68 heavy (non-hydrogen) atoms. The Morgan fingerprint density at radius 3 is 1.74 bits per heavy atom. The van der Waals surface area contributed by atoms with E-state index in [9.17, 15) is 0 Å². The second-order valence-corrected chi connectivity index (χ2v) is 24.3. The van der Waals surface area contributed by atoms with Gasteiger partial charge in [-0.15, -0.1) is 11.3 Å². The largest absolute Gasteiger partial charge is 0.376 e. The number of benzene rings is 8. The van der Waals surface area contributed by atoms with Crippen molar-refractivity contribution in [2.75, 3.05) is 9.71 Å². The summed E-state index contributed by atoms with van der Waals surface area (Å²) in [4.78, 5) is 5.42. The van der Waals surface area contributed by atoms with Crippen LogP contribution in [-0.2, 0) is 21.7 Å². The molecule has 0 atom stereocenters. The molecule has 12 rings (SSSR count). The third-order valence-corrected chi connectivity index (χ3v) is 17.1. The smallest absolute Gasteiger partial charge is 0.334 e. The van der Waals surface area contributed by atoms with Gasteiger partial charge < -0.3 is 9.71 Å². The normalized spacial score (nSPS) is 15.8. The van der Waals surface area contributed by atoms with E-state index in [1.165, 1.54) is 115 Å². The van der Waals surface area contributed by atoms with Crippen LogP contribution in [0.2, 0.25) is 0 Å². The second kappa shape index (κ2) is 15.1. The van der Waals surface area contributed by atoms with E-state index >= 15 is 0 Å². The van der Waals surface area contributed by atoms with E-state index in [-0.39, 0.29) is 28.5 Å². The van der Waals surface area contributed by atoms with Crippen molar-refractivity contribution in [1.82, 2.24) is 0 Å². The van der Waals surface area contributed by atoms with Gasteiger partial charge in [0.2, 0.25) is 0 Å². The van der Waals surface area contributed by atoms with Crippen LogP contribution in [0.1, 0.15) is 104 Å². The van der Waals surface area contributed by atoms with E-state index < -0.39 is 0 Å². The van der Waals surface area contributed by atoms with Gasteiger partial charge in [0.15, 0.2) is 0 Å². The molecular weight excluding hydrogens is 840 g/mol. The average molecular weight is 901 g/mol. The van der Waals surface area contributed by atoms with Crippen molar-refractivity contribution in [3.8, 4) is 33.4 Å². The predicted octanol–water partition coefficient (Wildman–Crippen LogP) is 17.0. The van der Waals surface area contributed by atoms with E-state index in [0.29, 0.717) is 0 Å². The maximum atomic E-state index is 2.76. The first kappa shape index (κ1) is 43.0. The Morgan fingerprint density at radius 1 is 0.456 bits per heavy atom. The number of thiophene rings is 1. The fraction of sp³-hybridized carbons (Fsp3) is 0.250. The Bertz CT molecular complexity index is 3470. The molecule has 0 bridgehead atoms. The first-order valence-electron chi connectivity index (χ1n) is 24.7. The number of anilines is 5. The van der Waals surface area contributed by atoms with Crippen LogP contribution in [0, 0.1) is 0 Å². The maximum Gasteiger partial charge on any atom is 0.334 e. The molecule has 0 radical (unpaired) electrons. The maximum absolute atomic E-state index is 2.76. The van der Waals surface area contributed by atoms with Crippen LogP contribution in [-0.4, -0.2) is 6.85 Å². The van der Waals surface area contributed by atoms with Crippen molar-refractivity contribution in [3.05, 3.63) is 186 Å². The van der Waals surface area contributed by atoms with Gasteiger partial charge in [-0.1, -0.05) is 172 Å². The molecule has 9 aromatic rings. The van der Waals surface area contributed by atoms with Crippen molar-refractivity contribution in [1.29, 1.82) is 0 Å². The van der Waals surface area contributed by atoms with Crippen LogP contribution in [0.3, 0.4) is 0 Å². The molecule has 3 heterocycles. The quantitative estimate of drug-likeness (QED) is 0.162. The fourth-order valence-corrected chi connectivity index (χ4v) is 13.1. The summed E-state index contributed by atoms with van der Waals surface area (Å²) in [7, 11) is 0. The van der Waals surface area contributed by atoms with E-state index in [1.807, 2.05) is 11.3 Å². The third kappa shape index (κ3) is 6.65. The standard InChI is InChI=1S/C64H61BN2S/c1-61(2,3)43-25-28-45(29-26-43)67-55-39-52-51(63(7,8)33-34-64(52,9)10)38-49(55)50-35-42(40-19-13-11-14-20-40)36-56-58(50)65(67)59-54(32-30-47-46-23-17-18-24-57(46)68-60(47)59)66(56)53-31-27-44(62(4,5)6)37-48(53)41-21-15-12-16-22-41/h11-32,35-39H,33-34H2,1-10H3. The van der Waals surface area contributed by atoms with Gasteiger partial charge in [-0.2, -0.15) is 0 Å². The van der Waals surface area contributed by atoms with Crippen LogP contribution in [0.4, 0.5) is 28.4 Å². The summed E-state index contributed by atoms with van der Waals surface area (Å²) < 4.78 is 2.68. The molecule has 0 spiro atoms. The lowest BCUT2D eigenvalue weighted by molar-refractivity contribution is 0.332. The molecule has 0 N–H and O–H groups in total. The topological polar surface area (TPSA) is 6.48 Å². The minimum absolute atomic E-state index is 0.0286. The Balaban J connectivity index is 1.27. The molecule has 336 valence electrons. The lowest BCUT2D eigenvalue weighted by atomic mass is 9.43. The van der Waals surface area contributed by atoms with Crippen molar-refractivity contribution >= 4 is 77.7 Å². The van der Waals surface area contributed by atoms with Gasteiger partial charge in [0.25, 0.3) is 0 Å². The summed E-state index contributed by atoms with van der Waals surface area (Å²) in [5.74, 6) is 0. The molecule has 0 unspecified atom stereocenters. The molecule has 3 aliphatic rings. The molecule has 0 saturated carbocycles. The molecule has 1 aromatic heterocycles. The number of rotatable bonds is 4. The van der Waals surface area contributed by atoms with Gasteiger partial charge in [-0.3, -0.25) is 0 Å². The summed E-state index contributed by atoms with van der Waals surface area (Å²) >= 11 is 1.96. The number of hydrogen-bond donors (Lipinski definition) is 0. The molecule has 0 saturated heterocycles. The zero-order chi connectivity index (χ0) is 47.1. The SMILES string of the molecule is CC(C)(C)c1ccc(N2B3c4c(cc(-c5ccccc5)cc4N(c4ccc(C(C)(C)C)cc4-c4ccccc4)c4ccc5c(sc6ccccc65)c43)-c3cc4c(cc32)C(C)(C)CCC4(C)C)cc1. The van der Waals surface area contributed by atoms with Gasteiger partial charge in [0.1, 0.15) is 0 Å². The van der Waals surface area contributed by atoms with Gasteiger partial charge in [0, 0.05) is 54.0 Å². The van der Waals surface area contributed by atoms with Crippen molar-refractivity contribution < 1.29 is 0 Å². The summed E-state index contributed by atoms with van der Waals surface area (Å²) in [6.45, 7) is 23.7. The highest BCUT2D eigenvalue weighted by Gasteiger charge is 2.48. The molecule has 0 amide bonds. The van der Waals surface area contributed by atoms with Crippen LogP contribution in [0.5, 0.6) is 0 Å². The Kier molecular flexibility index (Phi) is 9.52. The molecule has 8 aromatic carbocycles. The number of nitrogens with zero attached hydrogens (tertiary/aromatic N) is 2. The Morgan fingerprint density at radius 2 is 1.06 bits per heavy atom. The lowest BCUT2D eigenvalue weighted by Gasteiger charge is -2.48. The van der Waals surface area contributed by atoms with Crippen LogP contribution >= 0.6 is 11.3 Å². The van der Waals surface area contributed by atoms with Gasteiger partial charge in [-0.05, 0) is 151 Å². The summed E-state index contributed by atoms with van der Waals surface area (Å²) in [6, 6.07) is 63.3. The summed E-state index contributed by atoms with van der Waals surface area (Å²) in [5, 5.41) is 2.64. The highest BCUT2D eigenvalue weighted by molar-refractivity contribution is 7.27. The van der Waals surface area contributed by atoms with Gasteiger partial charge in [-0.25, -0.2) is 0 Å². The first-order valence-corrected chi connectivity index (χ1v) is 25.6. The third-order valence-electron chi connectivity index (χ3n) is 15.8. The number of hydrogen-bond acceptors (Lipinski definition) is 3. The predicted molar refractivity (Wildman–Crippen MR) is 297 cm³/mol.